The second-order valence-corrected chi connectivity index (χ2v) is 5.32. The summed E-state index contributed by atoms with van der Waals surface area (Å²) in [7, 11) is 2.14. The van der Waals surface area contributed by atoms with Gasteiger partial charge in [-0.2, -0.15) is 0 Å². The van der Waals surface area contributed by atoms with Crippen LogP contribution in [0.15, 0.2) is 24.5 Å². The first-order valence-electron chi connectivity index (χ1n) is 6.67. The highest BCUT2D eigenvalue weighted by molar-refractivity contribution is 5.92. The van der Waals surface area contributed by atoms with E-state index in [0.29, 0.717) is 0 Å². The van der Waals surface area contributed by atoms with Gasteiger partial charge < -0.3 is 4.90 Å². The molecule has 0 unspecified atom stereocenters. The SMILES string of the molecule is Cc1cccc2ncnc(N(C)CCC3CC3)c12. The van der Waals surface area contributed by atoms with Gasteiger partial charge in [-0.15, -0.1) is 0 Å². The summed E-state index contributed by atoms with van der Waals surface area (Å²) in [6, 6.07) is 6.24. The van der Waals surface area contributed by atoms with E-state index < -0.39 is 0 Å². The van der Waals surface area contributed by atoms with Crippen LogP contribution in [0.5, 0.6) is 0 Å². The second kappa shape index (κ2) is 4.56. The Bertz CT molecular complexity index is 555. The van der Waals surface area contributed by atoms with Crippen LogP contribution in [-0.4, -0.2) is 23.6 Å². The fraction of sp³-hybridized carbons (Fsp3) is 0.467. The Hall–Kier alpha value is -1.64. The van der Waals surface area contributed by atoms with Gasteiger partial charge in [0.15, 0.2) is 0 Å². The highest BCUT2D eigenvalue weighted by Crippen LogP contribution is 2.33. The predicted molar refractivity (Wildman–Crippen MR) is 74.9 cm³/mol. The minimum absolute atomic E-state index is 0.960. The molecule has 94 valence electrons. The van der Waals surface area contributed by atoms with Crippen LogP contribution >= 0.6 is 0 Å². The molecule has 18 heavy (non-hydrogen) atoms. The van der Waals surface area contributed by atoms with Crippen molar-refractivity contribution in [3.8, 4) is 0 Å². The quantitative estimate of drug-likeness (QED) is 0.823. The summed E-state index contributed by atoms with van der Waals surface area (Å²) in [5, 5.41) is 1.19. The lowest BCUT2D eigenvalue weighted by Crippen LogP contribution is -2.20. The Kier molecular flexibility index (Phi) is 2.90. The number of fused-ring (bicyclic) bond motifs is 1. The van der Waals surface area contributed by atoms with Gasteiger partial charge in [0.2, 0.25) is 0 Å². The van der Waals surface area contributed by atoms with Gasteiger partial charge in [-0.3, -0.25) is 0 Å². The molecule has 0 saturated heterocycles. The minimum Gasteiger partial charge on any atom is -0.359 e. The predicted octanol–water partition coefficient (Wildman–Crippen LogP) is 3.17. The van der Waals surface area contributed by atoms with Crippen LogP contribution in [0.1, 0.15) is 24.8 Å². The smallest absolute Gasteiger partial charge is 0.139 e. The zero-order chi connectivity index (χ0) is 12.5. The molecule has 1 saturated carbocycles. The number of rotatable bonds is 4. The molecule has 3 heteroatoms. The van der Waals surface area contributed by atoms with E-state index in [1.54, 1.807) is 6.33 Å². The summed E-state index contributed by atoms with van der Waals surface area (Å²) in [5.41, 5.74) is 2.29. The highest BCUT2D eigenvalue weighted by Gasteiger charge is 2.21. The summed E-state index contributed by atoms with van der Waals surface area (Å²) in [4.78, 5) is 11.1. The van der Waals surface area contributed by atoms with Crippen molar-refractivity contribution in [1.29, 1.82) is 0 Å². The van der Waals surface area contributed by atoms with Gasteiger partial charge in [0, 0.05) is 19.0 Å². The van der Waals surface area contributed by atoms with Crippen LogP contribution in [0, 0.1) is 12.8 Å². The van der Waals surface area contributed by atoms with Gasteiger partial charge in [0.05, 0.1) is 5.52 Å². The largest absolute Gasteiger partial charge is 0.359 e. The number of benzene rings is 1. The van der Waals surface area contributed by atoms with Crippen LogP contribution in [0.4, 0.5) is 5.82 Å². The number of aryl methyl sites for hydroxylation is 1. The Labute approximate surface area is 108 Å². The molecular formula is C15H19N3. The molecule has 0 bridgehead atoms. The topological polar surface area (TPSA) is 29.0 Å². The Balaban J connectivity index is 1.94. The molecule has 3 rings (SSSR count). The Morgan fingerprint density at radius 2 is 2.11 bits per heavy atom. The summed E-state index contributed by atoms with van der Waals surface area (Å²) >= 11 is 0. The molecule has 2 aromatic rings. The fourth-order valence-electron chi connectivity index (χ4n) is 2.44. The number of hydrogen-bond donors (Lipinski definition) is 0. The zero-order valence-electron chi connectivity index (χ0n) is 11.1. The van der Waals surface area contributed by atoms with E-state index >= 15 is 0 Å². The minimum atomic E-state index is 0.960. The number of aromatic nitrogens is 2. The molecule has 0 N–H and O–H groups in total. The lowest BCUT2D eigenvalue weighted by molar-refractivity contribution is 0.707. The van der Waals surface area contributed by atoms with E-state index in [1.165, 1.54) is 30.2 Å². The second-order valence-electron chi connectivity index (χ2n) is 5.32. The Morgan fingerprint density at radius 3 is 2.89 bits per heavy atom. The molecule has 1 aromatic carbocycles. The molecule has 1 aromatic heterocycles. The van der Waals surface area contributed by atoms with E-state index in [-0.39, 0.29) is 0 Å². The van der Waals surface area contributed by atoms with Crippen LogP contribution in [-0.2, 0) is 0 Å². The molecule has 0 aliphatic heterocycles. The van der Waals surface area contributed by atoms with Gasteiger partial charge in [-0.05, 0) is 30.9 Å². The van der Waals surface area contributed by atoms with Crippen LogP contribution in [0.2, 0.25) is 0 Å². The lowest BCUT2D eigenvalue weighted by atomic mass is 10.1. The zero-order valence-corrected chi connectivity index (χ0v) is 11.1. The maximum atomic E-state index is 4.48. The van der Waals surface area contributed by atoms with Crippen molar-refractivity contribution in [3.63, 3.8) is 0 Å². The van der Waals surface area contributed by atoms with Crippen molar-refractivity contribution < 1.29 is 0 Å². The maximum absolute atomic E-state index is 4.48. The molecule has 0 amide bonds. The first kappa shape index (κ1) is 11.5. The first-order chi connectivity index (χ1) is 8.75. The molecule has 1 aliphatic carbocycles. The van der Waals surface area contributed by atoms with Crippen molar-refractivity contribution in [1.82, 2.24) is 9.97 Å². The average Bonchev–Trinajstić information content (AvgIpc) is 3.20. The standard InChI is InChI=1S/C15H19N3/c1-11-4-3-5-13-14(11)15(17-10-16-13)18(2)9-8-12-6-7-12/h3-5,10,12H,6-9H2,1-2H3. The number of nitrogens with zero attached hydrogens (tertiary/aromatic N) is 3. The van der Waals surface area contributed by atoms with Gasteiger partial charge in [0.25, 0.3) is 0 Å². The van der Waals surface area contributed by atoms with E-state index in [1.807, 2.05) is 0 Å². The van der Waals surface area contributed by atoms with Crippen LogP contribution in [0.3, 0.4) is 0 Å². The fourth-order valence-corrected chi connectivity index (χ4v) is 2.44. The normalized spacial score (nSPS) is 15.0. The highest BCUT2D eigenvalue weighted by atomic mass is 15.2. The molecule has 0 atom stereocenters. The van der Waals surface area contributed by atoms with Crippen molar-refractivity contribution in [3.05, 3.63) is 30.1 Å². The van der Waals surface area contributed by atoms with Crippen molar-refractivity contribution in [2.45, 2.75) is 26.2 Å². The van der Waals surface area contributed by atoms with E-state index in [0.717, 1.165) is 23.8 Å². The molecule has 1 aliphatic rings. The van der Waals surface area contributed by atoms with E-state index in [9.17, 15) is 0 Å². The van der Waals surface area contributed by atoms with Crippen molar-refractivity contribution in [2.24, 2.45) is 5.92 Å². The third kappa shape index (κ3) is 2.17. The molecular weight excluding hydrogens is 222 g/mol. The molecule has 3 nitrogen and oxygen atoms in total. The first-order valence-corrected chi connectivity index (χ1v) is 6.67. The van der Waals surface area contributed by atoms with Gasteiger partial charge in [-0.25, -0.2) is 9.97 Å². The van der Waals surface area contributed by atoms with Crippen molar-refractivity contribution >= 4 is 16.7 Å². The monoisotopic (exact) mass is 241 g/mol. The number of hydrogen-bond acceptors (Lipinski definition) is 3. The molecule has 1 heterocycles. The van der Waals surface area contributed by atoms with Crippen LogP contribution < -0.4 is 4.90 Å². The lowest BCUT2D eigenvalue weighted by Gasteiger charge is -2.20. The number of anilines is 1. The summed E-state index contributed by atoms with van der Waals surface area (Å²) in [5.74, 6) is 2.03. The van der Waals surface area contributed by atoms with E-state index in [4.69, 9.17) is 0 Å². The maximum Gasteiger partial charge on any atom is 0.139 e. The summed E-state index contributed by atoms with van der Waals surface area (Å²) in [6.07, 6.45) is 5.79. The van der Waals surface area contributed by atoms with Crippen molar-refractivity contribution in [2.75, 3.05) is 18.5 Å². The van der Waals surface area contributed by atoms with E-state index in [2.05, 4.69) is 47.0 Å². The van der Waals surface area contributed by atoms with Gasteiger partial charge >= 0.3 is 0 Å². The molecule has 1 fully saturated rings. The summed E-state index contributed by atoms with van der Waals surface area (Å²) < 4.78 is 0. The Morgan fingerprint density at radius 1 is 1.28 bits per heavy atom. The third-order valence-electron chi connectivity index (χ3n) is 3.78. The van der Waals surface area contributed by atoms with Gasteiger partial charge in [-0.1, -0.05) is 25.0 Å². The summed E-state index contributed by atoms with van der Waals surface area (Å²) in [6.45, 7) is 3.22. The molecule has 0 spiro atoms. The van der Waals surface area contributed by atoms with Crippen LogP contribution in [0.25, 0.3) is 10.9 Å². The molecule has 0 radical (unpaired) electrons. The van der Waals surface area contributed by atoms with Gasteiger partial charge in [0.1, 0.15) is 12.1 Å². The third-order valence-corrected chi connectivity index (χ3v) is 3.78. The average molecular weight is 241 g/mol.